The molecule has 0 aliphatic carbocycles. The highest BCUT2D eigenvalue weighted by Gasteiger charge is 2.30. The van der Waals surface area contributed by atoms with Crippen molar-refractivity contribution in [3.63, 3.8) is 0 Å². The Morgan fingerprint density at radius 3 is 2.69 bits per heavy atom. The van der Waals surface area contributed by atoms with Gasteiger partial charge in [0, 0.05) is 30.1 Å². The van der Waals surface area contributed by atoms with Crippen LogP contribution in [0, 0.1) is 0 Å². The molecule has 0 unspecified atom stereocenters. The number of aliphatic imine (C=N–C) groups is 1. The van der Waals surface area contributed by atoms with Gasteiger partial charge in [-0.15, -0.1) is 0 Å². The number of aromatic nitrogens is 1. The van der Waals surface area contributed by atoms with E-state index in [0.717, 1.165) is 24.2 Å². The van der Waals surface area contributed by atoms with Crippen molar-refractivity contribution >= 4 is 23.2 Å². The third-order valence-corrected chi connectivity index (χ3v) is 4.74. The van der Waals surface area contributed by atoms with Crippen molar-refractivity contribution in [3.8, 4) is 5.88 Å². The highest BCUT2D eigenvalue weighted by atomic mass is 16.5. The summed E-state index contributed by atoms with van der Waals surface area (Å²) in [4.78, 5) is 11.2. The van der Waals surface area contributed by atoms with Crippen molar-refractivity contribution < 1.29 is 4.74 Å². The minimum atomic E-state index is 0.0392. The van der Waals surface area contributed by atoms with Crippen molar-refractivity contribution in [1.29, 1.82) is 0 Å². The summed E-state index contributed by atoms with van der Waals surface area (Å²) >= 11 is 0. The maximum absolute atomic E-state index is 5.08. The lowest BCUT2D eigenvalue weighted by atomic mass is 9.88. The number of hydrogen-bond acceptors (Lipinski definition) is 4. The van der Waals surface area contributed by atoms with Gasteiger partial charge in [-0.2, -0.15) is 0 Å². The number of benzene rings is 1. The van der Waals surface area contributed by atoms with Gasteiger partial charge in [0.1, 0.15) is 0 Å². The number of ether oxygens (including phenoxy) is 1. The standard InChI is InChI=1S/C22H27N3O/c1-6-11-25-20-9-7-17(12-19(20)16(2)13-22(25,3)4)14-23-18-8-10-21(26-5)24-15-18/h7-10,12-15H,6,11H2,1-5H3. The van der Waals surface area contributed by atoms with Crippen molar-refractivity contribution in [3.05, 3.63) is 53.7 Å². The Bertz CT molecular complexity index is 835. The number of methoxy groups -OCH3 is 1. The monoisotopic (exact) mass is 349 g/mol. The molecule has 4 heteroatoms. The molecule has 0 amide bonds. The summed E-state index contributed by atoms with van der Waals surface area (Å²) < 4.78 is 5.08. The molecule has 1 aliphatic rings. The average molecular weight is 349 g/mol. The van der Waals surface area contributed by atoms with Gasteiger partial charge in [0.05, 0.1) is 24.5 Å². The highest BCUT2D eigenvalue weighted by Crippen LogP contribution is 2.39. The summed E-state index contributed by atoms with van der Waals surface area (Å²) in [6, 6.07) is 10.3. The third kappa shape index (κ3) is 3.64. The van der Waals surface area contributed by atoms with Gasteiger partial charge >= 0.3 is 0 Å². The normalized spacial score (nSPS) is 15.7. The summed E-state index contributed by atoms with van der Waals surface area (Å²) in [6.07, 6.45) is 7.09. The van der Waals surface area contributed by atoms with Gasteiger partial charge in [0.2, 0.25) is 5.88 Å². The van der Waals surface area contributed by atoms with Crippen LogP contribution in [0.1, 0.15) is 45.2 Å². The number of rotatable bonds is 5. The van der Waals surface area contributed by atoms with Crippen LogP contribution in [-0.2, 0) is 0 Å². The molecule has 136 valence electrons. The maximum atomic E-state index is 5.08. The third-order valence-electron chi connectivity index (χ3n) is 4.74. The van der Waals surface area contributed by atoms with Crippen LogP contribution in [0.5, 0.6) is 5.88 Å². The molecule has 0 N–H and O–H groups in total. The van der Waals surface area contributed by atoms with Gasteiger partial charge in [0.15, 0.2) is 0 Å². The number of fused-ring (bicyclic) bond motifs is 1. The molecule has 0 saturated heterocycles. The van der Waals surface area contributed by atoms with E-state index in [2.05, 4.69) is 66.8 Å². The first-order valence-electron chi connectivity index (χ1n) is 9.10. The van der Waals surface area contributed by atoms with Crippen LogP contribution in [-0.4, -0.2) is 30.4 Å². The van der Waals surface area contributed by atoms with Crippen molar-refractivity contribution in [2.45, 2.75) is 39.7 Å². The van der Waals surface area contributed by atoms with Gasteiger partial charge in [-0.05, 0) is 56.5 Å². The zero-order chi connectivity index (χ0) is 18.7. The van der Waals surface area contributed by atoms with Crippen molar-refractivity contribution in [1.82, 2.24) is 4.98 Å². The van der Waals surface area contributed by atoms with Crippen LogP contribution >= 0.6 is 0 Å². The first-order valence-corrected chi connectivity index (χ1v) is 9.10. The van der Waals surface area contributed by atoms with E-state index in [1.807, 2.05) is 18.3 Å². The van der Waals surface area contributed by atoms with E-state index in [-0.39, 0.29) is 5.54 Å². The minimum Gasteiger partial charge on any atom is -0.481 e. The Balaban J connectivity index is 1.90. The lowest BCUT2D eigenvalue weighted by Crippen LogP contribution is -2.45. The molecular weight excluding hydrogens is 322 g/mol. The number of pyridine rings is 1. The van der Waals surface area contributed by atoms with Gasteiger partial charge in [-0.25, -0.2) is 4.98 Å². The summed E-state index contributed by atoms with van der Waals surface area (Å²) in [5.41, 5.74) is 5.85. The first kappa shape index (κ1) is 18.2. The lowest BCUT2D eigenvalue weighted by molar-refractivity contribution is 0.398. The van der Waals surface area contributed by atoms with E-state index in [1.165, 1.54) is 16.8 Å². The predicted molar refractivity (Wildman–Crippen MR) is 110 cm³/mol. The molecule has 4 nitrogen and oxygen atoms in total. The Labute approximate surface area is 156 Å². The molecule has 2 heterocycles. The Morgan fingerprint density at radius 2 is 2.04 bits per heavy atom. The Hall–Kier alpha value is -2.62. The number of anilines is 1. The topological polar surface area (TPSA) is 37.7 Å². The second kappa shape index (κ2) is 7.32. The molecule has 26 heavy (non-hydrogen) atoms. The van der Waals surface area contributed by atoms with E-state index in [0.29, 0.717) is 5.88 Å². The van der Waals surface area contributed by atoms with Crippen LogP contribution in [0.2, 0.25) is 0 Å². The lowest BCUT2D eigenvalue weighted by Gasteiger charge is -2.43. The van der Waals surface area contributed by atoms with Crippen LogP contribution in [0.4, 0.5) is 11.4 Å². The summed E-state index contributed by atoms with van der Waals surface area (Å²) in [6.45, 7) is 10.0. The zero-order valence-electron chi connectivity index (χ0n) is 16.3. The van der Waals surface area contributed by atoms with E-state index >= 15 is 0 Å². The van der Waals surface area contributed by atoms with Crippen LogP contribution in [0.3, 0.4) is 0 Å². The molecular formula is C22H27N3O. The second-order valence-corrected chi connectivity index (χ2v) is 7.23. The van der Waals surface area contributed by atoms with Crippen molar-refractivity contribution in [2.75, 3.05) is 18.6 Å². The quantitative estimate of drug-likeness (QED) is 0.692. The molecule has 1 aromatic carbocycles. The molecule has 1 aromatic heterocycles. The van der Waals surface area contributed by atoms with Gasteiger partial charge in [-0.1, -0.05) is 19.1 Å². The number of nitrogens with zero attached hydrogens (tertiary/aromatic N) is 3. The second-order valence-electron chi connectivity index (χ2n) is 7.23. The van der Waals surface area contributed by atoms with E-state index in [4.69, 9.17) is 4.74 Å². The van der Waals surface area contributed by atoms with Crippen LogP contribution < -0.4 is 9.64 Å². The average Bonchev–Trinajstić information content (AvgIpc) is 2.63. The summed E-state index contributed by atoms with van der Waals surface area (Å²) in [7, 11) is 1.61. The van der Waals surface area contributed by atoms with Gasteiger partial charge in [-0.3, -0.25) is 4.99 Å². The Morgan fingerprint density at radius 1 is 1.23 bits per heavy atom. The fourth-order valence-electron chi connectivity index (χ4n) is 3.53. The molecule has 2 aromatic rings. The van der Waals surface area contributed by atoms with E-state index < -0.39 is 0 Å². The van der Waals surface area contributed by atoms with Gasteiger partial charge < -0.3 is 9.64 Å². The smallest absolute Gasteiger partial charge is 0.213 e. The fraction of sp³-hybridized carbons (Fsp3) is 0.364. The molecule has 0 spiro atoms. The predicted octanol–water partition coefficient (Wildman–Crippen LogP) is 5.25. The molecule has 1 aliphatic heterocycles. The maximum Gasteiger partial charge on any atom is 0.213 e. The molecule has 0 bridgehead atoms. The van der Waals surface area contributed by atoms with Crippen LogP contribution in [0.25, 0.3) is 5.57 Å². The molecule has 0 saturated carbocycles. The highest BCUT2D eigenvalue weighted by molar-refractivity contribution is 5.88. The number of hydrogen-bond donors (Lipinski definition) is 0. The van der Waals surface area contributed by atoms with Gasteiger partial charge in [0.25, 0.3) is 0 Å². The van der Waals surface area contributed by atoms with Crippen molar-refractivity contribution in [2.24, 2.45) is 4.99 Å². The molecule has 3 rings (SSSR count). The largest absolute Gasteiger partial charge is 0.481 e. The Kier molecular flexibility index (Phi) is 5.12. The minimum absolute atomic E-state index is 0.0392. The van der Waals surface area contributed by atoms with Crippen LogP contribution in [0.15, 0.2) is 47.6 Å². The molecule has 0 fully saturated rings. The zero-order valence-corrected chi connectivity index (χ0v) is 16.3. The number of allylic oxidation sites excluding steroid dienone is 1. The molecule has 0 atom stereocenters. The summed E-state index contributed by atoms with van der Waals surface area (Å²) in [5.74, 6) is 0.595. The van der Waals surface area contributed by atoms with E-state index in [1.54, 1.807) is 13.3 Å². The summed E-state index contributed by atoms with van der Waals surface area (Å²) in [5, 5.41) is 0. The fourth-order valence-corrected chi connectivity index (χ4v) is 3.53. The first-order chi connectivity index (χ1) is 12.4. The van der Waals surface area contributed by atoms with E-state index in [9.17, 15) is 0 Å². The SMILES string of the molecule is CCCN1c2ccc(C=Nc3ccc(OC)nc3)cc2C(C)=CC1(C)C. The molecule has 0 radical (unpaired) electrons.